The third-order valence-corrected chi connectivity index (χ3v) is 7.72. The van der Waals surface area contributed by atoms with Gasteiger partial charge in [0.2, 0.25) is 0 Å². The van der Waals surface area contributed by atoms with E-state index in [1.54, 1.807) is 33.7 Å². The number of alkyl halides is 2. The third kappa shape index (κ3) is 2.76. The van der Waals surface area contributed by atoms with Gasteiger partial charge in [-0.05, 0) is 31.2 Å². The summed E-state index contributed by atoms with van der Waals surface area (Å²) >= 11 is 15.4. The van der Waals surface area contributed by atoms with Crippen LogP contribution in [-0.4, -0.2) is 19.6 Å². The van der Waals surface area contributed by atoms with Gasteiger partial charge in [0.25, 0.3) is 5.56 Å². The molecule has 3 nitrogen and oxygen atoms in total. The van der Waals surface area contributed by atoms with Crippen LogP contribution in [0.15, 0.2) is 22.6 Å². The second-order valence-corrected chi connectivity index (χ2v) is 9.72. The average Bonchev–Trinajstić information content (AvgIpc) is 2.85. The van der Waals surface area contributed by atoms with E-state index >= 15 is 0 Å². The van der Waals surface area contributed by atoms with Gasteiger partial charge in [-0.3, -0.25) is 9.36 Å². The van der Waals surface area contributed by atoms with E-state index in [4.69, 9.17) is 28.2 Å². The van der Waals surface area contributed by atoms with Crippen LogP contribution < -0.4 is 5.56 Å². The van der Waals surface area contributed by atoms with E-state index in [1.807, 2.05) is 0 Å². The van der Waals surface area contributed by atoms with Crippen molar-refractivity contribution in [3.63, 3.8) is 0 Å². The maximum atomic E-state index is 13.0. The first kappa shape index (κ1) is 16.0. The number of aromatic nitrogens is 2. The minimum absolute atomic E-state index is 0.0654. The van der Waals surface area contributed by atoms with E-state index in [2.05, 4.69) is 6.58 Å². The molecule has 0 aromatic carbocycles. The van der Waals surface area contributed by atoms with Gasteiger partial charge in [-0.1, -0.05) is 17.8 Å². The predicted molar refractivity (Wildman–Crippen MR) is 99.4 cm³/mol. The van der Waals surface area contributed by atoms with Gasteiger partial charge in [0.05, 0.1) is 5.39 Å². The standard InChI is InChI=1S/C16H16Cl2N2OS2/c1-2-6-20-14(21)12-10-4-3-5-11(10)23-13(12)19-15(20)22-8-9-7-16(9,17)18/h2,9H,1,3-8H2/t9-/m1/s1. The van der Waals surface area contributed by atoms with Crippen molar-refractivity contribution in [1.29, 1.82) is 0 Å². The second kappa shape index (κ2) is 5.80. The SMILES string of the molecule is C=CCn1c(SC[C@H]2CC2(Cl)Cl)nc2sc3c(c2c1=O)CCC3. The first-order valence-electron chi connectivity index (χ1n) is 7.68. The van der Waals surface area contributed by atoms with Crippen molar-refractivity contribution in [3.05, 3.63) is 33.4 Å². The molecule has 7 heteroatoms. The fraction of sp³-hybridized carbons (Fsp3) is 0.500. The molecule has 0 aliphatic heterocycles. The molecule has 1 saturated carbocycles. The van der Waals surface area contributed by atoms with Crippen molar-refractivity contribution in [1.82, 2.24) is 9.55 Å². The van der Waals surface area contributed by atoms with Crippen LogP contribution >= 0.6 is 46.3 Å². The molecule has 0 N–H and O–H groups in total. The summed E-state index contributed by atoms with van der Waals surface area (Å²) in [5, 5.41) is 1.57. The zero-order valence-electron chi connectivity index (χ0n) is 12.5. The monoisotopic (exact) mass is 386 g/mol. The molecule has 4 rings (SSSR count). The second-order valence-electron chi connectivity index (χ2n) is 6.11. The summed E-state index contributed by atoms with van der Waals surface area (Å²) < 4.78 is 1.14. The molecule has 122 valence electrons. The minimum atomic E-state index is -0.592. The Labute approximate surface area is 152 Å². The van der Waals surface area contributed by atoms with Gasteiger partial charge in [-0.15, -0.1) is 41.1 Å². The molecule has 0 saturated heterocycles. The van der Waals surface area contributed by atoms with Crippen molar-refractivity contribution < 1.29 is 0 Å². The fourth-order valence-electron chi connectivity index (χ4n) is 3.08. The van der Waals surface area contributed by atoms with Crippen molar-refractivity contribution in [3.8, 4) is 0 Å². The molecular weight excluding hydrogens is 371 g/mol. The largest absolute Gasteiger partial charge is 0.283 e. The van der Waals surface area contributed by atoms with Crippen LogP contribution in [0, 0.1) is 5.92 Å². The smallest absolute Gasteiger partial charge is 0.263 e. The minimum Gasteiger partial charge on any atom is -0.283 e. The highest BCUT2D eigenvalue weighted by atomic mass is 35.5. The number of nitrogens with zero attached hydrogens (tertiary/aromatic N) is 2. The normalized spacial score (nSPS) is 21.6. The molecular formula is C16H16Cl2N2OS2. The van der Waals surface area contributed by atoms with E-state index in [-0.39, 0.29) is 11.5 Å². The Kier molecular flexibility index (Phi) is 4.03. The average molecular weight is 387 g/mol. The van der Waals surface area contributed by atoms with E-state index < -0.39 is 4.33 Å². The van der Waals surface area contributed by atoms with Crippen molar-refractivity contribution in [2.24, 2.45) is 5.92 Å². The van der Waals surface area contributed by atoms with Crippen LogP contribution in [0.25, 0.3) is 10.2 Å². The number of hydrogen-bond acceptors (Lipinski definition) is 4. The molecule has 1 fully saturated rings. The Morgan fingerprint density at radius 1 is 1.48 bits per heavy atom. The molecule has 2 aromatic heterocycles. The van der Waals surface area contributed by atoms with E-state index in [0.717, 1.165) is 46.8 Å². The number of hydrogen-bond donors (Lipinski definition) is 0. The van der Waals surface area contributed by atoms with Crippen LogP contribution in [0.4, 0.5) is 0 Å². The fourth-order valence-corrected chi connectivity index (χ4v) is 6.33. The summed E-state index contributed by atoms with van der Waals surface area (Å²) in [6.07, 6.45) is 5.77. The first-order valence-corrected chi connectivity index (χ1v) is 10.2. The summed E-state index contributed by atoms with van der Waals surface area (Å²) in [6, 6.07) is 0. The molecule has 23 heavy (non-hydrogen) atoms. The summed E-state index contributed by atoms with van der Waals surface area (Å²) in [5.41, 5.74) is 1.29. The van der Waals surface area contributed by atoms with Gasteiger partial charge >= 0.3 is 0 Å². The maximum Gasteiger partial charge on any atom is 0.263 e. The zero-order chi connectivity index (χ0) is 16.2. The third-order valence-electron chi connectivity index (χ3n) is 4.47. The van der Waals surface area contributed by atoms with Gasteiger partial charge in [0.15, 0.2) is 5.16 Å². The lowest BCUT2D eigenvalue weighted by molar-refractivity contribution is 0.671. The Morgan fingerprint density at radius 2 is 2.26 bits per heavy atom. The lowest BCUT2D eigenvalue weighted by Crippen LogP contribution is -2.23. The number of allylic oxidation sites excluding steroid dienone is 1. The lowest BCUT2D eigenvalue weighted by Gasteiger charge is -2.10. The molecule has 1 atom stereocenters. The molecule has 2 aliphatic rings. The Balaban J connectivity index is 1.75. The molecule has 0 unspecified atom stereocenters. The Hall–Kier alpha value is -0.490. The highest BCUT2D eigenvalue weighted by Gasteiger charge is 2.51. The first-order chi connectivity index (χ1) is 11.0. The van der Waals surface area contributed by atoms with Gasteiger partial charge in [-0.2, -0.15) is 0 Å². The summed E-state index contributed by atoms with van der Waals surface area (Å²) in [5.74, 6) is 1.06. The number of thiophene rings is 1. The number of aryl methyl sites for hydroxylation is 2. The van der Waals surface area contributed by atoms with Gasteiger partial charge in [-0.25, -0.2) is 4.98 Å². The molecule has 2 aliphatic carbocycles. The van der Waals surface area contributed by atoms with Crippen LogP contribution in [-0.2, 0) is 19.4 Å². The Morgan fingerprint density at radius 3 is 2.96 bits per heavy atom. The van der Waals surface area contributed by atoms with Crippen LogP contribution in [0.2, 0.25) is 0 Å². The lowest BCUT2D eigenvalue weighted by atomic mass is 10.2. The molecule has 2 aromatic rings. The molecule has 0 radical (unpaired) electrons. The summed E-state index contributed by atoms with van der Waals surface area (Å²) in [7, 11) is 0. The van der Waals surface area contributed by atoms with Gasteiger partial charge < -0.3 is 0 Å². The van der Waals surface area contributed by atoms with Crippen molar-refractivity contribution in [2.45, 2.75) is 41.7 Å². The topological polar surface area (TPSA) is 34.9 Å². The summed E-state index contributed by atoms with van der Waals surface area (Å²) in [6.45, 7) is 4.25. The highest BCUT2D eigenvalue weighted by molar-refractivity contribution is 7.99. The van der Waals surface area contributed by atoms with Crippen LogP contribution in [0.1, 0.15) is 23.3 Å². The molecule has 0 spiro atoms. The Bertz CT molecular complexity index is 856. The van der Waals surface area contributed by atoms with E-state index in [0.29, 0.717) is 6.54 Å². The van der Waals surface area contributed by atoms with Gasteiger partial charge in [0, 0.05) is 23.1 Å². The van der Waals surface area contributed by atoms with Gasteiger partial charge in [0.1, 0.15) is 9.16 Å². The zero-order valence-corrected chi connectivity index (χ0v) is 15.6. The predicted octanol–water partition coefficient (Wildman–Crippen LogP) is 4.42. The van der Waals surface area contributed by atoms with Crippen molar-refractivity contribution >= 4 is 56.5 Å². The molecule has 0 bridgehead atoms. The van der Waals surface area contributed by atoms with Crippen LogP contribution in [0.5, 0.6) is 0 Å². The quantitative estimate of drug-likeness (QED) is 0.330. The number of halogens is 2. The van der Waals surface area contributed by atoms with Crippen molar-refractivity contribution in [2.75, 3.05) is 5.75 Å². The number of thioether (sulfide) groups is 1. The molecule has 2 heterocycles. The molecule has 0 amide bonds. The maximum absolute atomic E-state index is 13.0. The summed E-state index contributed by atoms with van der Waals surface area (Å²) in [4.78, 5) is 19.9. The van der Waals surface area contributed by atoms with E-state index in [9.17, 15) is 4.79 Å². The number of rotatable bonds is 5. The van der Waals surface area contributed by atoms with E-state index in [1.165, 1.54) is 10.4 Å². The highest BCUT2D eigenvalue weighted by Crippen LogP contribution is 2.54. The van der Waals surface area contributed by atoms with Crippen LogP contribution in [0.3, 0.4) is 0 Å². The number of fused-ring (bicyclic) bond motifs is 3.